The molecule has 6 heteroatoms. The maximum atomic E-state index is 12.4. The van der Waals surface area contributed by atoms with E-state index in [2.05, 4.69) is 0 Å². The SMILES string of the molecule is CC(C)[C@@H](N)C(=O)N1CC(C(=O)O)Oc2ccccc21. The number of rotatable bonds is 3. The Morgan fingerprint density at radius 3 is 2.65 bits per heavy atom. The van der Waals surface area contributed by atoms with Crippen LogP contribution in [0.2, 0.25) is 0 Å². The summed E-state index contributed by atoms with van der Waals surface area (Å²) >= 11 is 0. The van der Waals surface area contributed by atoms with Crippen molar-refractivity contribution in [1.82, 2.24) is 0 Å². The fourth-order valence-corrected chi connectivity index (χ4v) is 2.04. The monoisotopic (exact) mass is 278 g/mol. The predicted octanol–water partition coefficient (Wildman–Crippen LogP) is 0.849. The highest BCUT2D eigenvalue weighted by Gasteiger charge is 2.35. The molecule has 0 radical (unpaired) electrons. The van der Waals surface area contributed by atoms with Crippen molar-refractivity contribution in [2.75, 3.05) is 11.4 Å². The van der Waals surface area contributed by atoms with Crippen molar-refractivity contribution >= 4 is 17.6 Å². The second-order valence-electron chi connectivity index (χ2n) is 5.13. The van der Waals surface area contributed by atoms with Crippen LogP contribution in [0.1, 0.15) is 13.8 Å². The van der Waals surface area contributed by atoms with Crippen molar-refractivity contribution in [3.05, 3.63) is 24.3 Å². The Morgan fingerprint density at radius 2 is 2.05 bits per heavy atom. The van der Waals surface area contributed by atoms with Gasteiger partial charge in [0.2, 0.25) is 12.0 Å². The highest BCUT2D eigenvalue weighted by atomic mass is 16.5. The first-order valence-corrected chi connectivity index (χ1v) is 6.47. The zero-order chi connectivity index (χ0) is 14.9. The molecule has 2 atom stereocenters. The second kappa shape index (κ2) is 5.50. The Balaban J connectivity index is 2.36. The van der Waals surface area contributed by atoms with Gasteiger partial charge in [0.15, 0.2) is 0 Å². The zero-order valence-electron chi connectivity index (χ0n) is 11.4. The number of para-hydroxylation sites is 2. The average molecular weight is 278 g/mol. The van der Waals surface area contributed by atoms with Crippen LogP contribution in [0, 0.1) is 5.92 Å². The molecule has 0 saturated carbocycles. The molecule has 0 saturated heterocycles. The lowest BCUT2D eigenvalue weighted by atomic mass is 10.0. The standard InChI is InChI=1S/C14H18N2O4/c1-8(2)12(15)13(17)16-7-11(14(18)19)20-10-6-4-3-5-9(10)16/h3-6,8,11-12H,7,15H2,1-2H3,(H,18,19)/t11?,12-/m1/s1. The number of carboxylic acids is 1. The minimum absolute atomic E-state index is 0.0271. The number of ether oxygens (including phenoxy) is 1. The van der Waals surface area contributed by atoms with Gasteiger partial charge < -0.3 is 20.5 Å². The van der Waals surface area contributed by atoms with Crippen LogP contribution in [0.25, 0.3) is 0 Å². The second-order valence-corrected chi connectivity index (χ2v) is 5.13. The number of carbonyl (C=O) groups excluding carboxylic acids is 1. The number of anilines is 1. The Labute approximate surface area is 117 Å². The van der Waals surface area contributed by atoms with Crippen molar-refractivity contribution in [1.29, 1.82) is 0 Å². The maximum Gasteiger partial charge on any atom is 0.346 e. The van der Waals surface area contributed by atoms with Crippen molar-refractivity contribution in [2.45, 2.75) is 26.0 Å². The molecule has 0 aromatic heterocycles. The summed E-state index contributed by atoms with van der Waals surface area (Å²) in [7, 11) is 0. The zero-order valence-corrected chi connectivity index (χ0v) is 11.4. The molecule has 1 aromatic carbocycles. The fraction of sp³-hybridized carbons (Fsp3) is 0.429. The van der Waals surface area contributed by atoms with Crippen LogP contribution >= 0.6 is 0 Å². The van der Waals surface area contributed by atoms with E-state index in [0.717, 1.165) is 0 Å². The molecule has 3 N–H and O–H groups in total. The lowest BCUT2D eigenvalue weighted by Crippen LogP contribution is -2.53. The number of nitrogens with zero attached hydrogens (tertiary/aromatic N) is 1. The van der Waals surface area contributed by atoms with E-state index in [1.807, 2.05) is 13.8 Å². The fourth-order valence-electron chi connectivity index (χ4n) is 2.04. The molecule has 0 bridgehead atoms. The third-order valence-electron chi connectivity index (χ3n) is 3.32. The Morgan fingerprint density at radius 1 is 1.40 bits per heavy atom. The van der Waals surface area contributed by atoms with Crippen molar-refractivity contribution in [2.24, 2.45) is 11.7 Å². The quantitative estimate of drug-likeness (QED) is 0.855. The smallest absolute Gasteiger partial charge is 0.346 e. The predicted molar refractivity (Wildman–Crippen MR) is 73.7 cm³/mol. The Hall–Kier alpha value is -2.08. The summed E-state index contributed by atoms with van der Waals surface area (Å²) in [6.45, 7) is 3.67. The van der Waals surface area contributed by atoms with E-state index in [9.17, 15) is 9.59 Å². The van der Waals surface area contributed by atoms with Crippen LogP contribution in [-0.2, 0) is 9.59 Å². The van der Waals surface area contributed by atoms with Crippen molar-refractivity contribution in [3.63, 3.8) is 0 Å². The van der Waals surface area contributed by atoms with E-state index in [0.29, 0.717) is 11.4 Å². The molecule has 1 heterocycles. The molecule has 1 aromatic rings. The van der Waals surface area contributed by atoms with Gasteiger partial charge in [-0.25, -0.2) is 4.79 Å². The van der Waals surface area contributed by atoms with Crippen LogP contribution < -0.4 is 15.4 Å². The van der Waals surface area contributed by atoms with E-state index in [1.165, 1.54) is 4.90 Å². The molecule has 1 unspecified atom stereocenters. The molecule has 1 aliphatic rings. The maximum absolute atomic E-state index is 12.4. The number of hydrogen-bond donors (Lipinski definition) is 2. The van der Waals surface area contributed by atoms with Gasteiger partial charge in [-0.05, 0) is 18.1 Å². The van der Waals surface area contributed by atoms with E-state index < -0.39 is 18.1 Å². The number of nitrogens with two attached hydrogens (primary N) is 1. The third kappa shape index (κ3) is 2.60. The molecule has 0 fully saturated rings. The molecular weight excluding hydrogens is 260 g/mol. The highest BCUT2D eigenvalue weighted by molar-refractivity contribution is 5.99. The normalized spacial score (nSPS) is 19.2. The molecule has 0 aliphatic carbocycles. The minimum Gasteiger partial charge on any atom is -0.478 e. The van der Waals surface area contributed by atoms with Gasteiger partial charge in [0, 0.05) is 0 Å². The highest BCUT2D eigenvalue weighted by Crippen LogP contribution is 2.33. The largest absolute Gasteiger partial charge is 0.478 e. The van der Waals surface area contributed by atoms with Crippen LogP contribution in [0.5, 0.6) is 5.75 Å². The van der Waals surface area contributed by atoms with Gasteiger partial charge in [0.1, 0.15) is 5.75 Å². The first-order chi connectivity index (χ1) is 9.41. The summed E-state index contributed by atoms with van der Waals surface area (Å²) in [4.78, 5) is 25.0. The lowest BCUT2D eigenvalue weighted by Gasteiger charge is -2.35. The van der Waals surface area contributed by atoms with Gasteiger partial charge in [-0.15, -0.1) is 0 Å². The topological polar surface area (TPSA) is 92.9 Å². The Bertz CT molecular complexity index is 530. The van der Waals surface area contributed by atoms with E-state index in [1.54, 1.807) is 24.3 Å². The number of aliphatic carboxylic acids is 1. The van der Waals surface area contributed by atoms with E-state index >= 15 is 0 Å². The van der Waals surface area contributed by atoms with Crippen LogP contribution in [0.3, 0.4) is 0 Å². The molecule has 1 amide bonds. The van der Waals surface area contributed by atoms with Crippen LogP contribution in [0.4, 0.5) is 5.69 Å². The number of fused-ring (bicyclic) bond motifs is 1. The number of carboxylic acid groups (broad SMARTS) is 1. The first-order valence-electron chi connectivity index (χ1n) is 6.47. The molecule has 6 nitrogen and oxygen atoms in total. The molecule has 2 rings (SSSR count). The first kappa shape index (κ1) is 14.3. The summed E-state index contributed by atoms with van der Waals surface area (Å²) in [5.74, 6) is -1.03. The van der Waals surface area contributed by atoms with Gasteiger partial charge in [-0.2, -0.15) is 0 Å². The van der Waals surface area contributed by atoms with Gasteiger partial charge in [-0.1, -0.05) is 26.0 Å². The Kier molecular flexibility index (Phi) is 3.94. The lowest BCUT2D eigenvalue weighted by molar-refractivity contribution is -0.145. The molecule has 1 aliphatic heterocycles. The van der Waals surface area contributed by atoms with E-state index in [4.69, 9.17) is 15.6 Å². The molecule has 108 valence electrons. The number of amides is 1. The summed E-state index contributed by atoms with van der Waals surface area (Å²) in [6.07, 6.45) is -1.08. The summed E-state index contributed by atoms with van der Waals surface area (Å²) in [5.41, 5.74) is 6.45. The summed E-state index contributed by atoms with van der Waals surface area (Å²) in [5, 5.41) is 9.12. The molecule has 0 spiro atoms. The number of benzene rings is 1. The van der Waals surface area contributed by atoms with Gasteiger partial charge in [0.05, 0.1) is 18.3 Å². The summed E-state index contributed by atoms with van der Waals surface area (Å²) < 4.78 is 5.38. The minimum atomic E-state index is -1.10. The van der Waals surface area contributed by atoms with Crippen molar-refractivity contribution < 1.29 is 19.4 Å². The molecular formula is C14H18N2O4. The van der Waals surface area contributed by atoms with Crippen LogP contribution in [0.15, 0.2) is 24.3 Å². The van der Waals surface area contributed by atoms with Gasteiger partial charge in [-0.3, -0.25) is 4.79 Å². The van der Waals surface area contributed by atoms with Crippen molar-refractivity contribution in [3.8, 4) is 5.75 Å². The van der Waals surface area contributed by atoms with Crippen LogP contribution in [-0.4, -0.2) is 35.7 Å². The van der Waals surface area contributed by atoms with E-state index in [-0.39, 0.29) is 18.4 Å². The molecule has 20 heavy (non-hydrogen) atoms. The van der Waals surface area contributed by atoms with Gasteiger partial charge >= 0.3 is 5.97 Å². The number of carbonyl (C=O) groups is 2. The average Bonchev–Trinajstić information content (AvgIpc) is 2.44. The third-order valence-corrected chi connectivity index (χ3v) is 3.32. The summed E-state index contributed by atoms with van der Waals surface area (Å²) in [6, 6.07) is 6.19. The van der Waals surface area contributed by atoms with Gasteiger partial charge in [0.25, 0.3) is 0 Å². The number of hydrogen-bond acceptors (Lipinski definition) is 4.